The SMILES string of the molecule is O=C(Nc1nc(-c2ccccn2)cs1)c1ccc(N2CCOCC2)cc1. The maximum atomic E-state index is 12.5. The number of carbonyl (C=O) groups is 1. The van der Waals surface area contributed by atoms with Crippen LogP contribution < -0.4 is 10.2 Å². The highest BCUT2D eigenvalue weighted by atomic mass is 32.1. The molecule has 2 aromatic heterocycles. The fraction of sp³-hybridized carbons (Fsp3) is 0.211. The van der Waals surface area contributed by atoms with Crippen LogP contribution in [-0.4, -0.2) is 42.2 Å². The number of hydrogen-bond acceptors (Lipinski definition) is 6. The first-order chi connectivity index (χ1) is 12.8. The molecule has 4 rings (SSSR count). The Labute approximate surface area is 155 Å². The summed E-state index contributed by atoms with van der Waals surface area (Å²) in [5, 5.41) is 5.31. The molecule has 0 saturated carbocycles. The lowest BCUT2D eigenvalue weighted by Crippen LogP contribution is -2.36. The molecular formula is C19H18N4O2S. The molecule has 1 aromatic carbocycles. The normalized spacial score (nSPS) is 14.2. The Bertz CT molecular complexity index is 874. The van der Waals surface area contributed by atoms with Gasteiger partial charge in [-0.2, -0.15) is 0 Å². The molecule has 0 unspecified atom stereocenters. The van der Waals surface area contributed by atoms with E-state index in [-0.39, 0.29) is 5.91 Å². The van der Waals surface area contributed by atoms with Crippen molar-refractivity contribution in [2.75, 3.05) is 36.5 Å². The molecule has 1 aliphatic rings. The highest BCUT2D eigenvalue weighted by molar-refractivity contribution is 7.14. The van der Waals surface area contributed by atoms with Crippen molar-refractivity contribution >= 4 is 28.1 Å². The van der Waals surface area contributed by atoms with E-state index >= 15 is 0 Å². The number of aromatic nitrogens is 2. The molecule has 1 amide bonds. The zero-order valence-electron chi connectivity index (χ0n) is 14.1. The summed E-state index contributed by atoms with van der Waals surface area (Å²) in [7, 11) is 0. The molecule has 132 valence electrons. The second kappa shape index (κ2) is 7.63. The monoisotopic (exact) mass is 366 g/mol. The van der Waals surface area contributed by atoms with Crippen molar-refractivity contribution in [3.8, 4) is 11.4 Å². The van der Waals surface area contributed by atoms with Gasteiger partial charge >= 0.3 is 0 Å². The number of nitrogens with one attached hydrogen (secondary N) is 1. The number of ether oxygens (including phenoxy) is 1. The van der Waals surface area contributed by atoms with Crippen LogP contribution in [-0.2, 0) is 4.74 Å². The standard InChI is InChI=1S/C19H18N4O2S/c24-18(14-4-6-15(7-5-14)23-9-11-25-12-10-23)22-19-21-17(13-26-19)16-3-1-2-8-20-16/h1-8,13H,9-12H2,(H,21,22,24). The number of carbonyl (C=O) groups excluding carboxylic acids is 1. The van der Waals surface area contributed by atoms with Gasteiger partial charge < -0.3 is 9.64 Å². The van der Waals surface area contributed by atoms with E-state index in [1.54, 1.807) is 6.20 Å². The van der Waals surface area contributed by atoms with E-state index in [0.29, 0.717) is 10.7 Å². The van der Waals surface area contributed by atoms with Crippen molar-refractivity contribution in [2.45, 2.75) is 0 Å². The quantitative estimate of drug-likeness (QED) is 0.767. The minimum atomic E-state index is -0.166. The molecule has 1 aliphatic heterocycles. The lowest BCUT2D eigenvalue weighted by Gasteiger charge is -2.28. The number of anilines is 2. The van der Waals surface area contributed by atoms with E-state index in [0.717, 1.165) is 43.4 Å². The van der Waals surface area contributed by atoms with Gasteiger partial charge in [0.1, 0.15) is 5.69 Å². The van der Waals surface area contributed by atoms with Crippen LogP contribution in [0.3, 0.4) is 0 Å². The van der Waals surface area contributed by atoms with Gasteiger partial charge in [-0.3, -0.25) is 15.1 Å². The smallest absolute Gasteiger partial charge is 0.257 e. The van der Waals surface area contributed by atoms with Crippen molar-refractivity contribution < 1.29 is 9.53 Å². The van der Waals surface area contributed by atoms with Crippen molar-refractivity contribution in [3.63, 3.8) is 0 Å². The van der Waals surface area contributed by atoms with Crippen LogP contribution in [0, 0.1) is 0 Å². The number of benzene rings is 1. The van der Waals surface area contributed by atoms with Gasteiger partial charge in [0.05, 0.1) is 18.9 Å². The third kappa shape index (κ3) is 3.74. The summed E-state index contributed by atoms with van der Waals surface area (Å²) >= 11 is 1.39. The number of amides is 1. The Morgan fingerprint density at radius 3 is 2.62 bits per heavy atom. The molecule has 7 heteroatoms. The second-order valence-electron chi connectivity index (χ2n) is 5.85. The molecule has 26 heavy (non-hydrogen) atoms. The summed E-state index contributed by atoms with van der Waals surface area (Å²) in [5.41, 5.74) is 3.26. The molecule has 1 saturated heterocycles. The summed E-state index contributed by atoms with van der Waals surface area (Å²) in [5.74, 6) is -0.166. The average molecular weight is 366 g/mol. The van der Waals surface area contributed by atoms with Gasteiger partial charge in [0, 0.05) is 35.9 Å². The van der Waals surface area contributed by atoms with Crippen LogP contribution in [0.4, 0.5) is 10.8 Å². The molecule has 0 aliphatic carbocycles. The predicted octanol–water partition coefficient (Wildman–Crippen LogP) is 3.29. The first-order valence-electron chi connectivity index (χ1n) is 8.41. The molecule has 0 atom stereocenters. The summed E-state index contributed by atoms with van der Waals surface area (Å²) in [4.78, 5) is 23.4. The number of pyridine rings is 1. The molecule has 6 nitrogen and oxygen atoms in total. The van der Waals surface area contributed by atoms with Gasteiger partial charge in [0.2, 0.25) is 0 Å². The topological polar surface area (TPSA) is 67.4 Å². The third-order valence-corrected chi connectivity index (χ3v) is 4.92. The van der Waals surface area contributed by atoms with Crippen LogP contribution in [0.2, 0.25) is 0 Å². The second-order valence-corrected chi connectivity index (χ2v) is 6.71. The van der Waals surface area contributed by atoms with Gasteiger partial charge in [-0.1, -0.05) is 6.07 Å². The van der Waals surface area contributed by atoms with Crippen LogP contribution in [0.5, 0.6) is 0 Å². The van der Waals surface area contributed by atoms with Gasteiger partial charge in [-0.25, -0.2) is 4.98 Å². The lowest BCUT2D eigenvalue weighted by atomic mass is 10.2. The molecule has 1 fully saturated rings. The Balaban J connectivity index is 1.42. The number of rotatable bonds is 4. The first-order valence-corrected chi connectivity index (χ1v) is 9.28. The van der Waals surface area contributed by atoms with Crippen LogP contribution in [0.15, 0.2) is 54.0 Å². The summed E-state index contributed by atoms with van der Waals surface area (Å²) in [6.45, 7) is 3.23. The largest absolute Gasteiger partial charge is 0.378 e. The van der Waals surface area contributed by atoms with Crippen molar-refractivity contribution in [1.82, 2.24) is 9.97 Å². The Morgan fingerprint density at radius 2 is 1.88 bits per heavy atom. The minimum Gasteiger partial charge on any atom is -0.378 e. The fourth-order valence-corrected chi connectivity index (χ4v) is 3.48. The van der Waals surface area contributed by atoms with E-state index in [4.69, 9.17) is 4.74 Å². The third-order valence-electron chi connectivity index (χ3n) is 4.16. The molecular weight excluding hydrogens is 348 g/mol. The van der Waals surface area contributed by atoms with Crippen molar-refractivity contribution in [3.05, 3.63) is 59.6 Å². The number of nitrogens with zero attached hydrogens (tertiary/aromatic N) is 3. The number of morpholine rings is 1. The Morgan fingerprint density at radius 1 is 1.08 bits per heavy atom. The van der Waals surface area contributed by atoms with E-state index in [2.05, 4.69) is 20.2 Å². The maximum absolute atomic E-state index is 12.5. The van der Waals surface area contributed by atoms with Gasteiger partial charge in [-0.15, -0.1) is 11.3 Å². The zero-order valence-corrected chi connectivity index (χ0v) is 14.9. The molecule has 0 spiro atoms. The molecule has 1 N–H and O–H groups in total. The van der Waals surface area contributed by atoms with Crippen LogP contribution in [0.25, 0.3) is 11.4 Å². The van der Waals surface area contributed by atoms with Gasteiger partial charge in [0.15, 0.2) is 5.13 Å². The van der Waals surface area contributed by atoms with E-state index in [9.17, 15) is 4.79 Å². The van der Waals surface area contributed by atoms with Gasteiger partial charge in [-0.05, 0) is 36.4 Å². The summed E-state index contributed by atoms with van der Waals surface area (Å²) in [6.07, 6.45) is 1.73. The van der Waals surface area contributed by atoms with Crippen molar-refractivity contribution in [2.24, 2.45) is 0 Å². The van der Waals surface area contributed by atoms with Crippen molar-refractivity contribution in [1.29, 1.82) is 0 Å². The minimum absolute atomic E-state index is 0.166. The predicted molar refractivity (Wildman–Crippen MR) is 103 cm³/mol. The molecule has 0 radical (unpaired) electrons. The average Bonchev–Trinajstić information content (AvgIpc) is 3.18. The number of thiazole rings is 1. The Kier molecular flexibility index (Phi) is 4.90. The summed E-state index contributed by atoms with van der Waals surface area (Å²) < 4.78 is 5.37. The number of hydrogen-bond donors (Lipinski definition) is 1. The Hall–Kier alpha value is -2.77. The maximum Gasteiger partial charge on any atom is 0.257 e. The lowest BCUT2D eigenvalue weighted by molar-refractivity contribution is 0.102. The highest BCUT2D eigenvalue weighted by Crippen LogP contribution is 2.24. The molecule has 3 heterocycles. The van der Waals surface area contributed by atoms with Crippen LogP contribution >= 0.6 is 11.3 Å². The molecule has 3 aromatic rings. The zero-order chi connectivity index (χ0) is 17.8. The molecule has 0 bridgehead atoms. The fourth-order valence-electron chi connectivity index (χ4n) is 2.78. The first kappa shape index (κ1) is 16.7. The van der Waals surface area contributed by atoms with Gasteiger partial charge in [0.25, 0.3) is 5.91 Å². The van der Waals surface area contributed by atoms with E-state index in [1.807, 2.05) is 47.8 Å². The van der Waals surface area contributed by atoms with E-state index in [1.165, 1.54) is 11.3 Å². The highest BCUT2D eigenvalue weighted by Gasteiger charge is 2.13. The van der Waals surface area contributed by atoms with E-state index < -0.39 is 0 Å². The van der Waals surface area contributed by atoms with Crippen LogP contribution in [0.1, 0.15) is 10.4 Å². The summed E-state index contributed by atoms with van der Waals surface area (Å²) in [6, 6.07) is 13.3.